The summed E-state index contributed by atoms with van der Waals surface area (Å²) in [4.78, 5) is 0. The van der Waals surface area contributed by atoms with Crippen molar-refractivity contribution >= 4 is 28.7 Å². The molecule has 6 heteroatoms. The molecule has 0 amide bonds. The van der Waals surface area contributed by atoms with Crippen molar-refractivity contribution in [2.45, 2.75) is 20.5 Å². The lowest BCUT2D eigenvalue weighted by atomic mass is 10.1. The Morgan fingerprint density at radius 2 is 1.68 bits per heavy atom. The van der Waals surface area contributed by atoms with Crippen LogP contribution in [-0.2, 0) is 0 Å². The number of benzene rings is 2. The molecule has 2 aromatic carbocycles. The standard InChI is InChI=1S/C16H16F2N2OS/c1-10-7-11(2)9-12(8-10)19-16(22)20-13-5-3-4-6-14(13)21-15(17)18/h3-9,15H,1-2H3,(H2,19,20,22). The second-order valence-electron chi connectivity index (χ2n) is 4.83. The van der Waals surface area contributed by atoms with E-state index in [2.05, 4.69) is 15.4 Å². The zero-order chi connectivity index (χ0) is 16.1. The second kappa shape index (κ2) is 7.17. The first-order valence-electron chi connectivity index (χ1n) is 6.64. The number of ether oxygens (including phenoxy) is 1. The summed E-state index contributed by atoms with van der Waals surface area (Å²) in [6, 6.07) is 12.3. The molecule has 0 saturated carbocycles. The van der Waals surface area contributed by atoms with E-state index in [1.807, 2.05) is 32.0 Å². The maximum Gasteiger partial charge on any atom is 0.387 e. The molecule has 0 aliphatic carbocycles. The van der Waals surface area contributed by atoms with Gasteiger partial charge in [-0.2, -0.15) is 8.78 Å². The van der Waals surface area contributed by atoms with Gasteiger partial charge in [0.25, 0.3) is 0 Å². The van der Waals surface area contributed by atoms with Crippen molar-refractivity contribution in [2.24, 2.45) is 0 Å². The van der Waals surface area contributed by atoms with Crippen molar-refractivity contribution in [1.29, 1.82) is 0 Å². The third-order valence-electron chi connectivity index (χ3n) is 2.83. The average Bonchev–Trinajstić information content (AvgIpc) is 2.39. The fraction of sp³-hybridized carbons (Fsp3) is 0.188. The normalized spacial score (nSPS) is 10.4. The van der Waals surface area contributed by atoms with Crippen LogP contribution in [0.15, 0.2) is 42.5 Å². The van der Waals surface area contributed by atoms with E-state index in [9.17, 15) is 8.78 Å². The number of thiocarbonyl (C=S) groups is 1. The summed E-state index contributed by atoms with van der Waals surface area (Å²) in [5.74, 6) is 0.0436. The highest BCUT2D eigenvalue weighted by Gasteiger charge is 2.10. The van der Waals surface area contributed by atoms with E-state index in [0.29, 0.717) is 10.8 Å². The van der Waals surface area contributed by atoms with Crippen LogP contribution in [0.2, 0.25) is 0 Å². The van der Waals surface area contributed by atoms with Gasteiger partial charge in [0, 0.05) is 5.69 Å². The van der Waals surface area contributed by atoms with Gasteiger partial charge in [-0.1, -0.05) is 18.2 Å². The maximum absolute atomic E-state index is 12.4. The molecule has 0 fully saturated rings. The van der Waals surface area contributed by atoms with E-state index >= 15 is 0 Å². The van der Waals surface area contributed by atoms with Crippen molar-refractivity contribution < 1.29 is 13.5 Å². The predicted molar refractivity (Wildman–Crippen MR) is 88.8 cm³/mol. The van der Waals surface area contributed by atoms with E-state index < -0.39 is 6.61 Å². The first-order valence-corrected chi connectivity index (χ1v) is 7.05. The molecule has 0 saturated heterocycles. The molecule has 0 unspecified atom stereocenters. The SMILES string of the molecule is Cc1cc(C)cc(NC(=S)Nc2ccccc2OC(F)F)c1. The molecule has 2 aromatic rings. The molecular weight excluding hydrogens is 306 g/mol. The van der Waals surface area contributed by atoms with Crippen LogP contribution in [-0.4, -0.2) is 11.7 Å². The van der Waals surface area contributed by atoms with Crippen molar-refractivity contribution in [1.82, 2.24) is 0 Å². The predicted octanol–water partition coefficient (Wildman–Crippen LogP) is 4.71. The van der Waals surface area contributed by atoms with Gasteiger partial charge in [-0.05, 0) is 61.5 Å². The van der Waals surface area contributed by atoms with Crippen LogP contribution in [0.3, 0.4) is 0 Å². The number of anilines is 2. The smallest absolute Gasteiger partial charge is 0.387 e. The summed E-state index contributed by atoms with van der Waals surface area (Å²) in [5.41, 5.74) is 3.42. The summed E-state index contributed by atoms with van der Waals surface area (Å²) in [6.45, 7) is 1.09. The number of halogens is 2. The molecule has 116 valence electrons. The number of rotatable bonds is 4. The highest BCUT2D eigenvalue weighted by molar-refractivity contribution is 7.80. The quantitative estimate of drug-likeness (QED) is 0.799. The summed E-state index contributed by atoms with van der Waals surface area (Å²) in [6.07, 6.45) is 0. The van der Waals surface area contributed by atoms with Crippen LogP contribution < -0.4 is 15.4 Å². The van der Waals surface area contributed by atoms with Crippen LogP contribution in [0.25, 0.3) is 0 Å². The van der Waals surface area contributed by atoms with Gasteiger partial charge in [-0.15, -0.1) is 0 Å². The topological polar surface area (TPSA) is 33.3 Å². The zero-order valence-corrected chi connectivity index (χ0v) is 13.0. The van der Waals surface area contributed by atoms with Crippen LogP contribution in [0.4, 0.5) is 20.2 Å². The fourth-order valence-corrected chi connectivity index (χ4v) is 2.33. The fourth-order valence-electron chi connectivity index (χ4n) is 2.10. The molecule has 0 aliphatic heterocycles. The Morgan fingerprint density at radius 3 is 2.32 bits per heavy atom. The Balaban J connectivity index is 2.09. The van der Waals surface area contributed by atoms with E-state index in [1.54, 1.807) is 18.2 Å². The van der Waals surface area contributed by atoms with E-state index in [-0.39, 0.29) is 5.75 Å². The van der Waals surface area contributed by atoms with Crippen molar-refractivity contribution in [3.8, 4) is 5.75 Å². The van der Waals surface area contributed by atoms with E-state index in [1.165, 1.54) is 6.07 Å². The van der Waals surface area contributed by atoms with Crippen LogP contribution in [0.1, 0.15) is 11.1 Å². The van der Waals surface area contributed by atoms with Crippen LogP contribution in [0.5, 0.6) is 5.75 Å². The van der Waals surface area contributed by atoms with Gasteiger partial charge in [0.15, 0.2) is 5.11 Å². The van der Waals surface area contributed by atoms with Gasteiger partial charge < -0.3 is 15.4 Å². The number of para-hydroxylation sites is 2. The largest absolute Gasteiger partial charge is 0.433 e. The molecule has 2 rings (SSSR count). The minimum atomic E-state index is -2.89. The van der Waals surface area contributed by atoms with Gasteiger partial charge in [-0.25, -0.2) is 0 Å². The number of alkyl halides is 2. The minimum Gasteiger partial charge on any atom is -0.433 e. The summed E-state index contributed by atoms with van der Waals surface area (Å²) >= 11 is 5.21. The molecule has 0 aliphatic rings. The third kappa shape index (κ3) is 4.66. The lowest BCUT2D eigenvalue weighted by Crippen LogP contribution is -2.20. The summed E-state index contributed by atoms with van der Waals surface area (Å²) < 4.78 is 29.2. The van der Waals surface area contributed by atoms with Crippen molar-refractivity contribution in [3.63, 3.8) is 0 Å². The zero-order valence-electron chi connectivity index (χ0n) is 12.2. The summed E-state index contributed by atoms with van der Waals surface area (Å²) in [7, 11) is 0. The summed E-state index contributed by atoms with van der Waals surface area (Å²) in [5, 5.41) is 6.20. The molecule has 0 aromatic heterocycles. The van der Waals surface area contributed by atoms with Gasteiger partial charge in [0.05, 0.1) is 5.69 Å². The second-order valence-corrected chi connectivity index (χ2v) is 5.24. The molecule has 0 radical (unpaired) electrons. The van der Waals surface area contributed by atoms with Crippen LogP contribution >= 0.6 is 12.2 Å². The molecule has 0 atom stereocenters. The highest BCUT2D eigenvalue weighted by Crippen LogP contribution is 2.25. The highest BCUT2D eigenvalue weighted by atomic mass is 32.1. The van der Waals surface area contributed by atoms with Gasteiger partial charge in [0.2, 0.25) is 0 Å². The Hall–Kier alpha value is -2.21. The maximum atomic E-state index is 12.4. The molecule has 0 heterocycles. The Morgan fingerprint density at radius 1 is 1.05 bits per heavy atom. The van der Waals surface area contributed by atoms with Crippen molar-refractivity contribution in [3.05, 3.63) is 53.6 Å². The molecular formula is C16H16F2N2OS. The lowest BCUT2D eigenvalue weighted by Gasteiger charge is -2.15. The van der Waals surface area contributed by atoms with E-state index in [0.717, 1.165) is 16.8 Å². The molecule has 0 spiro atoms. The first kappa shape index (κ1) is 16.2. The average molecular weight is 322 g/mol. The molecule has 0 bridgehead atoms. The molecule has 22 heavy (non-hydrogen) atoms. The number of hydrogen-bond donors (Lipinski definition) is 2. The molecule has 3 nitrogen and oxygen atoms in total. The van der Waals surface area contributed by atoms with Crippen molar-refractivity contribution in [2.75, 3.05) is 10.6 Å². The third-order valence-corrected chi connectivity index (χ3v) is 3.03. The van der Waals surface area contributed by atoms with Gasteiger partial charge >= 0.3 is 6.61 Å². The number of hydrogen-bond acceptors (Lipinski definition) is 2. The van der Waals surface area contributed by atoms with Gasteiger partial charge in [0.1, 0.15) is 5.75 Å². The Labute approximate surface area is 133 Å². The van der Waals surface area contributed by atoms with Crippen LogP contribution in [0, 0.1) is 13.8 Å². The number of aryl methyl sites for hydroxylation is 2. The number of nitrogens with one attached hydrogen (secondary N) is 2. The minimum absolute atomic E-state index is 0.0436. The monoisotopic (exact) mass is 322 g/mol. The lowest BCUT2D eigenvalue weighted by molar-refractivity contribution is -0.0493. The Kier molecular flexibility index (Phi) is 5.27. The molecule has 2 N–H and O–H groups in total. The van der Waals surface area contributed by atoms with Gasteiger partial charge in [-0.3, -0.25) is 0 Å². The Bertz CT molecular complexity index is 657. The first-order chi connectivity index (χ1) is 10.4. The van der Waals surface area contributed by atoms with E-state index in [4.69, 9.17) is 12.2 Å².